The van der Waals surface area contributed by atoms with Crippen molar-refractivity contribution in [2.75, 3.05) is 13.1 Å². The fourth-order valence-electron chi connectivity index (χ4n) is 4.99. The lowest BCUT2D eigenvalue weighted by atomic mass is 9.98. The number of carbonyl (C=O) groups excluding carboxylic acids is 2. The summed E-state index contributed by atoms with van der Waals surface area (Å²) in [5.74, 6) is 0.0428. The molecule has 0 saturated carbocycles. The van der Waals surface area contributed by atoms with Gasteiger partial charge < -0.3 is 14.7 Å². The van der Waals surface area contributed by atoms with E-state index in [1.165, 1.54) is 17.2 Å². The van der Waals surface area contributed by atoms with Crippen molar-refractivity contribution in [3.8, 4) is 5.75 Å². The number of rotatable bonds is 3. The number of likely N-dealkylation sites (tertiary alicyclic amines) is 1. The summed E-state index contributed by atoms with van der Waals surface area (Å²) >= 11 is 5.94. The molecule has 0 unspecified atom stereocenters. The highest BCUT2D eigenvalue weighted by molar-refractivity contribution is 6.32. The normalized spacial score (nSPS) is 23.3. The van der Waals surface area contributed by atoms with Crippen molar-refractivity contribution in [3.63, 3.8) is 0 Å². The Kier molecular flexibility index (Phi) is 4.82. The van der Waals surface area contributed by atoms with E-state index in [2.05, 4.69) is 12.1 Å². The molecule has 6 nitrogen and oxygen atoms in total. The number of fused-ring (bicyclic) bond motifs is 3. The van der Waals surface area contributed by atoms with E-state index in [-0.39, 0.29) is 47.4 Å². The van der Waals surface area contributed by atoms with Gasteiger partial charge in [0.1, 0.15) is 11.9 Å². The van der Waals surface area contributed by atoms with Crippen LogP contribution in [-0.2, 0) is 22.4 Å². The Morgan fingerprint density at radius 2 is 1.93 bits per heavy atom. The number of halogens is 1. The zero-order valence-corrected chi connectivity index (χ0v) is 17.2. The third kappa shape index (κ3) is 3.29. The third-order valence-electron chi connectivity index (χ3n) is 6.49. The number of carbonyl (C=O) groups is 2. The van der Waals surface area contributed by atoms with Crippen LogP contribution in [0.3, 0.4) is 0 Å². The van der Waals surface area contributed by atoms with E-state index in [1.807, 2.05) is 21.9 Å². The second-order valence-electron chi connectivity index (χ2n) is 8.25. The summed E-state index contributed by atoms with van der Waals surface area (Å²) in [7, 11) is 0. The highest BCUT2D eigenvalue weighted by Gasteiger charge is 2.50. The van der Waals surface area contributed by atoms with Crippen LogP contribution in [0.15, 0.2) is 42.5 Å². The maximum atomic E-state index is 12.7. The van der Waals surface area contributed by atoms with Gasteiger partial charge in [-0.25, -0.2) is 4.79 Å². The molecule has 2 aliphatic heterocycles. The summed E-state index contributed by atoms with van der Waals surface area (Å²) in [5, 5.41) is 9.79. The van der Waals surface area contributed by atoms with Crippen LogP contribution in [-0.4, -0.2) is 52.1 Å². The molecule has 5 rings (SSSR count). The lowest BCUT2D eigenvalue weighted by Gasteiger charge is -2.38. The van der Waals surface area contributed by atoms with Crippen LogP contribution in [0.5, 0.6) is 5.75 Å². The molecule has 156 valence electrons. The number of phenolic OH excluding ortho intramolecular Hbond substituents is 1. The Labute approximate surface area is 180 Å². The lowest BCUT2D eigenvalue weighted by Crippen LogP contribution is -2.48. The molecule has 2 fully saturated rings. The first-order chi connectivity index (χ1) is 14.5. The zero-order valence-electron chi connectivity index (χ0n) is 16.5. The molecule has 1 aliphatic carbocycles. The summed E-state index contributed by atoms with van der Waals surface area (Å²) in [6.07, 6.45) is 2.16. The number of aromatic hydroxyl groups is 1. The van der Waals surface area contributed by atoms with Crippen molar-refractivity contribution in [1.29, 1.82) is 0 Å². The summed E-state index contributed by atoms with van der Waals surface area (Å²) in [6, 6.07) is 13.1. The molecule has 2 aromatic rings. The minimum absolute atomic E-state index is 0.0120. The number of benzene rings is 2. The van der Waals surface area contributed by atoms with Crippen molar-refractivity contribution in [3.05, 3.63) is 64.2 Å². The standard InChI is InChI=1S/C23H23ClN2O4/c24-18-11-14(5-6-19(18)27)12-21(28)25-9-7-16(8-10-25)26-22-17-4-2-1-3-15(17)13-20(22)30-23(26)29/h1-6,11,16,20,22,27H,7-10,12-13H2/t20-,22+/m1/s1. The molecule has 1 N–H and O–H groups in total. The predicted molar refractivity (Wildman–Crippen MR) is 111 cm³/mol. The first-order valence-corrected chi connectivity index (χ1v) is 10.7. The van der Waals surface area contributed by atoms with Crippen LogP contribution >= 0.6 is 11.6 Å². The van der Waals surface area contributed by atoms with Crippen molar-refractivity contribution in [2.45, 2.75) is 43.9 Å². The molecule has 0 bridgehead atoms. The van der Waals surface area contributed by atoms with Gasteiger partial charge in [-0.2, -0.15) is 0 Å². The molecule has 2 atom stereocenters. The van der Waals surface area contributed by atoms with E-state index in [1.54, 1.807) is 12.1 Å². The van der Waals surface area contributed by atoms with Crippen molar-refractivity contribution >= 4 is 23.6 Å². The molecule has 7 heteroatoms. The molecule has 30 heavy (non-hydrogen) atoms. The van der Waals surface area contributed by atoms with Crippen LogP contribution in [0.4, 0.5) is 4.79 Å². The number of ether oxygens (including phenoxy) is 1. The zero-order chi connectivity index (χ0) is 20.8. The highest BCUT2D eigenvalue weighted by atomic mass is 35.5. The van der Waals surface area contributed by atoms with E-state index in [9.17, 15) is 14.7 Å². The van der Waals surface area contributed by atoms with Gasteiger partial charge in [-0.1, -0.05) is 41.9 Å². The Balaban J connectivity index is 1.24. The van der Waals surface area contributed by atoms with Crippen molar-refractivity contribution < 1.29 is 19.4 Å². The molecular formula is C23H23ClN2O4. The molecule has 3 aliphatic rings. The fourth-order valence-corrected chi connectivity index (χ4v) is 5.20. The lowest BCUT2D eigenvalue weighted by molar-refractivity contribution is -0.131. The molecule has 2 heterocycles. The van der Waals surface area contributed by atoms with E-state index in [0.29, 0.717) is 13.1 Å². The van der Waals surface area contributed by atoms with Crippen molar-refractivity contribution in [2.24, 2.45) is 0 Å². The maximum absolute atomic E-state index is 12.7. The molecule has 0 aromatic heterocycles. The second-order valence-corrected chi connectivity index (χ2v) is 8.66. The predicted octanol–water partition coefficient (Wildman–Crippen LogP) is 3.70. The van der Waals surface area contributed by atoms with E-state index >= 15 is 0 Å². The smallest absolute Gasteiger partial charge is 0.411 e. The summed E-state index contributed by atoms with van der Waals surface area (Å²) in [4.78, 5) is 29.1. The Hall–Kier alpha value is -2.73. The summed E-state index contributed by atoms with van der Waals surface area (Å²) < 4.78 is 5.68. The van der Waals surface area contributed by atoms with E-state index in [4.69, 9.17) is 16.3 Å². The monoisotopic (exact) mass is 426 g/mol. The molecule has 2 aromatic carbocycles. The average molecular weight is 427 g/mol. The number of hydrogen-bond donors (Lipinski definition) is 1. The van der Waals surface area contributed by atoms with Gasteiger partial charge in [0, 0.05) is 25.6 Å². The van der Waals surface area contributed by atoms with Crippen molar-refractivity contribution in [1.82, 2.24) is 9.80 Å². The fraction of sp³-hybridized carbons (Fsp3) is 0.391. The number of piperidine rings is 1. The Bertz CT molecular complexity index is 1000. The average Bonchev–Trinajstić information content (AvgIpc) is 3.25. The maximum Gasteiger partial charge on any atom is 0.411 e. The highest BCUT2D eigenvalue weighted by Crippen LogP contribution is 2.44. The van der Waals surface area contributed by atoms with Gasteiger partial charge in [0.15, 0.2) is 0 Å². The molecule has 2 amide bonds. The minimum atomic E-state index is -0.233. The number of phenols is 1. The SMILES string of the molecule is O=C(Cc1ccc(O)c(Cl)c1)N1CCC(N2C(=O)O[C@@H]3Cc4ccccc4[C@@H]32)CC1. The van der Waals surface area contributed by atoms with Gasteiger partial charge in [0.2, 0.25) is 5.91 Å². The van der Waals surface area contributed by atoms with Gasteiger partial charge in [0.25, 0.3) is 0 Å². The summed E-state index contributed by atoms with van der Waals surface area (Å²) in [5.41, 5.74) is 3.22. The van der Waals surface area contributed by atoms with Crippen LogP contribution < -0.4 is 0 Å². The number of hydrogen-bond acceptors (Lipinski definition) is 4. The van der Waals surface area contributed by atoms with Crippen LogP contribution in [0.2, 0.25) is 5.02 Å². The van der Waals surface area contributed by atoms with Gasteiger partial charge in [-0.05, 0) is 41.7 Å². The van der Waals surface area contributed by atoms with Gasteiger partial charge >= 0.3 is 6.09 Å². The van der Waals surface area contributed by atoms with Gasteiger partial charge in [-0.15, -0.1) is 0 Å². The summed E-state index contributed by atoms with van der Waals surface area (Å²) in [6.45, 7) is 1.22. The molecule has 2 saturated heterocycles. The third-order valence-corrected chi connectivity index (χ3v) is 6.79. The van der Waals surface area contributed by atoms with Gasteiger partial charge in [0.05, 0.1) is 17.5 Å². The molecule has 0 spiro atoms. The first kappa shape index (κ1) is 19.2. The van der Waals surface area contributed by atoms with Crippen LogP contribution in [0.25, 0.3) is 0 Å². The quantitative estimate of drug-likeness (QED) is 0.812. The number of nitrogens with zero attached hydrogens (tertiary/aromatic N) is 2. The van der Waals surface area contributed by atoms with Crippen LogP contribution in [0.1, 0.15) is 35.6 Å². The van der Waals surface area contributed by atoms with E-state index in [0.717, 1.165) is 24.8 Å². The van der Waals surface area contributed by atoms with Crippen LogP contribution in [0, 0.1) is 0 Å². The minimum Gasteiger partial charge on any atom is -0.506 e. The number of amides is 2. The Morgan fingerprint density at radius 3 is 2.70 bits per heavy atom. The first-order valence-electron chi connectivity index (χ1n) is 10.3. The van der Waals surface area contributed by atoms with Gasteiger partial charge in [-0.3, -0.25) is 9.69 Å². The van der Waals surface area contributed by atoms with E-state index < -0.39 is 0 Å². The molecule has 0 radical (unpaired) electrons. The second kappa shape index (κ2) is 7.51. The Morgan fingerprint density at radius 1 is 1.17 bits per heavy atom. The molecular weight excluding hydrogens is 404 g/mol. The topological polar surface area (TPSA) is 70.1 Å². The largest absolute Gasteiger partial charge is 0.506 e.